The molecular weight excluding hydrogens is 477 g/mol. The lowest BCUT2D eigenvalue weighted by molar-refractivity contribution is 0.318. The second-order valence-electron chi connectivity index (χ2n) is 8.74. The van der Waals surface area contributed by atoms with Crippen LogP contribution < -0.4 is 4.90 Å². The lowest BCUT2D eigenvalue weighted by Gasteiger charge is -2.32. The van der Waals surface area contributed by atoms with Crippen LogP contribution in [0.25, 0.3) is 0 Å². The van der Waals surface area contributed by atoms with Crippen LogP contribution in [0.5, 0.6) is 0 Å². The number of nitriles is 1. The first-order valence-corrected chi connectivity index (χ1v) is 12.9. The molecule has 1 atom stereocenters. The third-order valence-electron chi connectivity index (χ3n) is 6.36. The topological polar surface area (TPSA) is 93.1 Å². The summed E-state index contributed by atoms with van der Waals surface area (Å²) in [5, 5.41) is 9.51. The van der Waals surface area contributed by atoms with E-state index in [0.29, 0.717) is 25.1 Å². The third-order valence-corrected chi connectivity index (χ3v) is 8.27. The Balaban J connectivity index is 1.62. The number of nitrogens with zero attached hydrogens (tertiary/aromatic N) is 4. The van der Waals surface area contributed by atoms with Crippen molar-refractivity contribution < 1.29 is 12.8 Å². The Hall–Kier alpha value is -4.00. The van der Waals surface area contributed by atoms with Crippen LogP contribution in [0.2, 0.25) is 0 Å². The summed E-state index contributed by atoms with van der Waals surface area (Å²) in [6, 6.07) is 21.7. The zero-order chi connectivity index (χ0) is 25.1. The molecule has 3 aromatic carbocycles. The van der Waals surface area contributed by atoms with E-state index in [1.807, 2.05) is 42.6 Å². The van der Waals surface area contributed by atoms with Crippen LogP contribution in [0.3, 0.4) is 0 Å². The number of aromatic nitrogens is 2. The molecule has 0 aliphatic carbocycles. The SMILES string of the molecule is N#Cc1ccc2c(c1)CN(S(=O)(=O)c1ccc(F)cc1)[C@H](Cc1ccccc1)CN2Cc1c[nH]cn1. The summed E-state index contributed by atoms with van der Waals surface area (Å²) in [5.74, 6) is -0.500. The standard InChI is InChI=1S/C27H24FN5O2S/c28-23-7-9-26(10-8-23)36(34,35)33-16-22-12-21(14-29)6-11-27(22)32(17-24-15-30-19-31-24)18-25(33)13-20-4-2-1-3-5-20/h1-12,15,19,25H,13,16-18H2,(H,30,31)/t25-/m1/s1. The molecule has 7 nitrogen and oxygen atoms in total. The molecule has 1 aliphatic heterocycles. The predicted molar refractivity (Wildman–Crippen MR) is 134 cm³/mol. The molecular formula is C27H24FN5O2S. The number of imidazole rings is 1. The molecule has 0 unspecified atom stereocenters. The van der Waals surface area contributed by atoms with Crippen molar-refractivity contribution in [2.45, 2.75) is 30.4 Å². The number of hydrogen-bond donors (Lipinski definition) is 1. The highest BCUT2D eigenvalue weighted by atomic mass is 32.2. The lowest BCUT2D eigenvalue weighted by atomic mass is 10.1. The summed E-state index contributed by atoms with van der Waals surface area (Å²) in [4.78, 5) is 9.47. The van der Waals surface area contributed by atoms with Crippen LogP contribution in [0, 0.1) is 17.1 Å². The van der Waals surface area contributed by atoms with Gasteiger partial charge in [-0.15, -0.1) is 0 Å². The molecule has 1 aromatic heterocycles. The molecule has 0 saturated carbocycles. The van der Waals surface area contributed by atoms with Crippen LogP contribution in [0.15, 0.2) is 90.2 Å². The zero-order valence-electron chi connectivity index (χ0n) is 19.4. The lowest BCUT2D eigenvalue weighted by Crippen LogP contribution is -2.45. The molecule has 36 heavy (non-hydrogen) atoms. The number of fused-ring (bicyclic) bond motifs is 1. The van der Waals surface area contributed by atoms with Crippen molar-refractivity contribution in [2.75, 3.05) is 11.4 Å². The average molecular weight is 502 g/mol. The zero-order valence-corrected chi connectivity index (χ0v) is 20.2. The Bertz CT molecular complexity index is 1480. The number of benzene rings is 3. The van der Waals surface area contributed by atoms with Gasteiger partial charge in [-0.25, -0.2) is 17.8 Å². The van der Waals surface area contributed by atoms with Crippen molar-refractivity contribution in [3.63, 3.8) is 0 Å². The van der Waals surface area contributed by atoms with Crippen LogP contribution in [-0.4, -0.2) is 35.3 Å². The molecule has 4 aromatic rings. The van der Waals surface area contributed by atoms with Gasteiger partial charge in [0.15, 0.2) is 0 Å². The van der Waals surface area contributed by atoms with E-state index in [1.165, 1.54) is 16.4 Å². The van der Waals surface area contributed by atoms with E-state index in [-0.39, 0.29) is 11.4 Å². The Labute approximate surface area is 209 Å². The summed E-state index contributed by atoms with van der Waals surface area (Å²) in [7, 11) is -3.98. The van der Waals surface area contributed by atoms with Crippen molar-refractivity contribution in [3.8, 4) is 6.07 Å². The highest BCUT2D eigenvalue weighted by Crippen LogP contribution is 2.33. The molecule has 182 valence electrons. The smallest absolute Gasteiger partial charge is 0.243 e. The van der Waals surface area contributed by atoms with Gasteiger partial charge in [0.1, 0.15) is 5.82 Å². The van der Waals surface area contributed by atoms with Gasteiger partial charge in [-0.1, -0.05) is 30.3 Å². The Morgan fingerprint density at radius 1 is 1.08 bits per heavy atom. The fourth-order valence-electron chi connectivity index (χ4n) is 4.63. The van der Waals surface area contributed by atoms with Crippen molar-refractivity contribution in [3.05, 3.63) is 114 Å². The number of aromatic amines is 1. The van der Waals surface area contributed by atoms with Crippen LogP contribution >= 0.6 is 0 Å². The van der Waals surface area contributed by atoms with Gasteiger partial charge in [0.2, 0.25) is 10.0 Å². The normalized spacial score (nSPS) is 16.2. The van der Waals surface area contributed by atoms with E-state index in [4.69, 9.17) is 0 Å². The van der Waals surface area contributed by atoms with Gasteiger partial charge < -0.3 is 9.88 Å². The van der Waals surface area contributed by atoms with Gasteiger partial charge in [0, 0.05) is 31.0 Å². The second-order valence-corrected chi connectivity index (χ2v) is 10.6. The van der Waals surface area contributed by atoms with E-state index < -0.39 is 21.9 Å². The fourth-order valence-corrected chi connectivity index (χ4v) is 6.22. The maximum absolute atomic E-state index is 13.9. The first-order chi connectivity index (χ1) is 17.4. The minimum absolute atomic E-state index is 0.0284. The quantitative estimate of drug-likeness (QED) is 0.427. The minimum Gasteiger partial charge on any atom is -0.364 e. The summed E-state index contributed by atoms with van der Waals surface area (Å²) >= 11 is 0. The Morgan fingerprint density at radius 3 is 2.56 bits per heavy atom. The van der Waals surface area contributed by atoms with Gasteiger partial charge >= 0.3 is 0 Å². The van der Waals surface area contributed by atoms with E-state index >= 15 is 0 Å². The van der Waals surface area contributed by atoms with Gasteiger partial charge in [0.25, 0.3) is 0 Å². The molecule has 1 N–H and O–H groups in total. The largest absolute Gasteiger partial charge is 0.364 e. The van der Waals surface area contributed by atoms with Gasteiger partial charge in [-0.2, -0.15) is 9.57 Å². The highest BCUT2D eigenvalue weighted by Gasteiger charge is 2.36. The monoisotopic (exact) mass is 501 g/mol. The Morgan fingerprint density at radius 2 is 1.86 bits per heavy atom. The molecule has 5 rings (SSSR count). The summed E-state index contributed by atoms with van der Waals surface area (Å²) < 4.78 is 43.0. The number of H-pyrrole nitrogens is 1. The highest BCUT2D eigenvalue weighted by molar-refractivity contribution is 7.89. The molecule has 0 amide bonds. The average Bonchev–Trinajstić information content (AvgIpc) is 3.35. The summed E-state index contributed by atoms with van der Waals surface area (Å²) in [6.45, 7) is 0.957. The first-order valence-electron chi connectivity index (χ1n) is 11.5. The molecule has 0 saturated heterocycles. The summed E-state index contributed by atoms with van der Waals surface area (Å²) in [6.07, 6.45) is 3.91. The number of sulfonamides is 1. The molecule has 1 aliphatic rings. The molecule has 9 heteroatoms. The van der Waals surface area contributed by atoms with E-state index in [1.54, 1.807) is 18.5 Å². The second kappa shape index (κ2) is 9.93. The van der Waals surface area contributed by atoms with Crippen LogP contribution in [0.1, 0.15) is 22.4 Å². The van der Waals surface area contributed by atoms with E-state index in [0.717, 1.165) is 34.6 Å². The molecule has 0 radical (unpaired) electrons. The van der Waals surface area contributed by atoms with Crippen molar-refractivity contribution in [1.82, 2.24) is 14.3 Å². The molecule has 2 heterocycles. The van der Waals surface area contributed by atoms with Crippen molar-refractivity contribution in [2.24, 2.45) is 0 Å². The number of halogens is 1. The maximum atomic E-state index is 13.9. The van der Waals surface area contributed by atoms with E-state index in [2.05, 4.69) is 20.9 Å². The number of rotatable bonds is 6. The number of anilines is 1. The van der Waals surface area contributed by atoms with Crippen LogP contribution in [-0.2, 0) is 29.5 Å². The predicted octanol–water partition coefficient (Wildman–Crippen LogP) is 4.24. The molecule has 0 spiro atoms. The fraction of sp³-hybridized carbons (Fsp3) is 0.185. The Kier molecular flexibility index (Phi) is 6.55. The van der Waals surface area contributed by atoms with Crippen LogP contribution in [0.4, 0.5) is 10.1 Å². The molecule has 0 fully saturated rings. The van der Waals surface area contributed by atoms with Gasteiger partial charge in [-0.3, -0.25) is 0 Å². The van der Waals surface area contributed by atoms with Gasteiger partial charge in [-0.05, 0) is 60.0 Å². The minimum atomic E-state index is -3.98. The maximum Gasteiger partial charge on any atom is 0.243 e. The van der Waals surface area contributed by atoms with Crippen molar-refractivity contribution >= 4 is 15.7 Å². The molecule has 0 bridgehead atoms. The first kappa shape index (κ1) is 23.7. The van der Waals surface area contributed by atoms with Crippen molar-refractivity contribution in [1.29, 1.82) is 5.26 Å². The number of hydrogen-bond acceptors (Lipinski definition) is 5. The third kappa shape index (κ3) is 4.87. The van der Waals surface area contributed by atoms with E-state index in [9.17, 15) is 18.1 Å². The summed E-state index contributed by atoms with van der Waals surface area (Å²) in [5.41, 5.74) is 3.86. The van der Waals surface area contributed by atoms with Gasteiger partial charge in [0.05, 0.1) is 35.1 Å². The number of nitrogens with one attached hydrogen (secondary N) is 1.